The second-order valence-corrected chi connectivity index (χ2v) is 23.4. The Hall–Kier alpha value is -8.59. The number of aliphatic hydroxyl groups is 2. The number of aliphatic hydroxyl groups excluding tert-OH is 2. The lowest BCUT2D eigenvalue weighted by Gasteiger charge is -2.38. The number of ether oxygens (including phenoxy) is 4. The van der Waals surface area contributed by atoms with Gasteiger partial charge in [-0.2, -0.15) is 5.10 Å². The molecule has 1 fully saturated rings. The number of aromatic nitrogens is 1. The summed E-state index contributed by atoms with van der Waals surface area (Å²) in [7, 11) is -0.0630. The number of carbonyl (C=O) groups excluding carboxylic acids is 4. The summed E-state index contributed by atoms with van der Waals surface area (Å²) in [5.74, 6) is -3.76. The first-order chi connectivity index (χ1) is 40.6. The number of nitrogens with two attached hydrogens (primary N) is 3. The van der Waals surface area contributed by atoms with Crippen LogP contribution in [0.15, 0.2) is 124 Å². The van der Waals surface area contributed by atoms with Crippen LogP contribution in [-0.4, -0.2) is 149 Å². The normalized spacial score (nSPS) is 25.3. The predicted octanol–water partition coefficient (Wildman–Crippen LogP) is 5.70. The van der Waals surface area contributed by atoms with Crippen LogP contribution >= 0.6 is 0 Å². The molecule has 25 heteroatoms. The van der Waals surface area contributed by atoms with Crippen LogP contribution in [0.4, 0.5) is 17.1 Å². The van der Waals surface area contributed by atoms with Crippen molar-refractivity contribution in [1.82, 2.24) is 20.3 Å². The first kappa shape index (κ1) is 66.5. The lowest BCUT2D eigenvalue weighted by molar-refractivity contribution is -0.160. The molecule has 4 aliphatic rings. The molecule has 86 heavy (non-hydrogen) atoms. The van der Waals surface area contributed by atoms with Crippen LogP contribution in [0.1, 0.15) is 80.3 Å². The number of hydrazone groups is 1. The van der Waals surface area contributed by atoms with E-state index in [1.165, 1.54) is 96.1 Å². The number of benzene rings is 4. The average molecular weight is 1210 g/mol. The Labute approximate surface area is 499 Å². The number of likely N-dealkylation sites (N-methyl/N-ethyl adjacent to an activating group) is 1. The summed E-state index contributed by atoms with van der Waals surface area (Å²) in [6.45, 7) is 15.1. The highest BCUT2D eigenvalue weighted by Gasteiger charge is 2.50. The van der Waals surface area contributed by atoms with E-state index in [0.29, 0.717) is 30.0 Å². The number of hydrogen-bond acceptors (Lipinski definition) is 22. The smallest absolute Gasteiger partial charge is 0.312 e. The number of nitrogens with one attached hydrogen (secondary N) is 2. The molecular formula is C61H77N9O15S. The van der Waals surface area contributed by atoms with Gasteiger partial charge in [-0.25, -0.2) is 14.3 Å². The van der Waals surface area contributed by atoms with E-state index in [4.69, 9.17) is 36.3 Å². The molecule has 5 bridgehead atoms. The summed E-state index contributed by atoms with van der Waals surface area (Å²) in [5, 5.41) is 66.8. The number of esters is 1. The summed E-state index contributed by atoms with van der Waals surface area (Å²) in [6.07, 6.45) is 7.93. The molecule has 1 aromatic heterocycles. The molecule has 0 radical (unpaired) electrons. The van der Waals surface area contributed by atoms with Crippen LogP contribution in [0, 0.1) is 30.6 Å². The number of phenols is 3. The van der Waals surface area contributed by atoms with Crippen molar-refractivity contribution in [3.63, 3.8) is 0 Å². The number of hydrazine groups is 1. The van der Waals surface area contributed by atoms with E-state index in [1.54, 1.807) is 81.3 Å². The van der Waals surface area contributed by atoms with Gasteiger partial charge in [-0.1, -0.05) is 45.9 Å². The van der Waals surface area contributed by atoms with Crippen molar-refractivity contribution < 1.29 is 72.1 Å². The van der Waals surface area contributed by atoms with Gasteiger partial charge in [-0.15, -0.1) is 0 Å². The second kappa shape index (κ2) is 28.5. The number of piperazine rings is 1. The molecule has 0 spiro atoms. The van der Waals surface area contributed by atoms with Crippen LogP contribution in [-0.2, 0) is 33.6 Å². The topological polar surface area (TPSA) is 374 Å². The summed E-state index contributed by atoms with van der Waals surface area (Å²) in [6, 6.07) is 15.4. The van der Waals surface area contributed by atoms with Crippen LogP contribution in [0.2, 0.25) is 0 Å². The number of hydrogen-bond donors (Lipinski definition) is 10. The summed E-state index contributed by atoms with van der Waals surface area (Å²) < 4.78 is 47.9. The summed E-state index contributed by atoms with van der Waals surface area (Å²) in [4.78, 5) is 57.6. The fourth-order valence-corrected chi connectivity index (χ4v) is 11.2. The number of fused-ring (bicyclic) bond motifs is 14. The summed E-state index contributed by atoms with van der Waals surface area (Å²) in [5.41, 5.74) is 14.3. The molecule has 5 heterocycles. The quantitative estimate of drug-likeness (QED) is 0.0136. The van der Waals surface area contributed by atoms with Crippen LogP contribution < -0.4 is 32.8 Å². The third kappa shape index (κ3) is 15.1. The van der Waals surface area contributed by atoms with E-state index in [2.05, 4.69) is 20.3 Å². The molecule has 2 amide bonds. The second-order valence-electron chi connectivity index (χ2n) is 21.5. The van der Waals surface area contributed by atoms with E-state index in [-0.39, 0.29) is 60.2 Å². The number of ketones is 1. The minimum atomic E-state index is -3.48. The highest BCUT2D eigenvalue weighted by molar-refractivity contribution is 7.91. The molecule has 4 aliphatic heterocycles. The van der Waals surface area contributed by atoms with E-state index in [0.717, 1.165) is 13.1 Å². The number of phenolic OH excluding ortho intramolecular Hbond substituents is 3. The Morgan fingerprint density at radius 3 is 1.97 bits per heavy atom. The lowest BCUT2D eigenvalue weighted by atomic mass is 9.78. The molecule has 0 aliphatic carbocycles. The van der Waals surface area contributed by atoms with E-state index < -0.39 is 98.6 Å². The Morgan fingerprint density at radius 1 is 0.837 bits per heavy atom. The van der Waals surface area contributed by atoms with Crippen molar-refractivity contribution in [3.05, 3.63) is 131 Å². The Morgan fingerprint density at radius 2 is 1.42 bits per heavy atom. The number of Topliss-reactive ketones (excluding diaryl/α,β-unsaturated/α-hetero) is 1. The molecule has 462 valence electrons. The highest BCUT2D eigenvalue weighted by atomic mass is 32.2. The molecule has 13 N–H and O–H groups in total. The fraction of sp³-hybridized carbons (Fsp3) is 0.377. The van der Waals surface area contributed by atoms with Gasteiger partial charge in [0.05, 0.1) is 62.8 Å². The van der Waals surface area contributed by atoms with Crippen molar-refractivity contribution in [2.45, 2.75) is 95.4 Å². The van der Waals surface area contributed by atoms with E-state index in [9.17, 15) is 53.1 Å². The van der Waals surface area contributed by atoms with E-state index in [1.807, 2.05) is 12.5 Å². The maximum Gasteiger partial charge on any atom is 0.312 e. The average Bonchev–Trinajstić information content (AvgIpc) is 1.44. The van der Waals surface area contributed by atoms with Crippen LogP contribution in [0.5, 0.6) is 23.0 Å². The van der Waals surface area contributed by atoms with Gasteiger partial charge in [-0.05, 0) is 87.6 Å². The van der Waals surface area contributed by atoms with Crippen LogP contribution in [0.3, 0.4) is 0 Å². The number of amides is 2. The van der Waals surface area contributed by atoms with Gasteiger partial charge in [0.2, 0.25) is 9.84 Å². The molecule has 24 nitrogen and oxygen atoms in total. The number of anilines is 3. The van der Waals surface area contributed by atoms with Gasteiger partial charge < -0.3 is 66.2 Å². The fourth-order valence-electron chi connectivity index (χ4n) is 9.94. The predicted molar refractivity (Wildman–Crippen MR) is 324 cm³/mol. The number of methoxy groups -OCH3 is 1. The maximum absolute atomic E-state index is 14.4. The molecule has 9 rings (SSSR count). The Balaban J connectivity index is 0.000000354. The first-order valence-electron chi connectivity index (χ1n) is 27.5. The van der Waals surface area contributed by atoms with Crippen molar-refractivity contribution in [1.29, 1.82) is 0 Å². The number of rotatable bonds is 7. The monoisotopic (exact) mass is 1210 g/mol. The number of carbonyl (C=O) groups is 4. The highest BCUT2D eigenvalue weighted by Crippen LogP contribution is 2.55. The Bertz CT molecular complexity index is 3450. The first-order valence-corrected chi connectivity index (χ1v) is 29.0. The molecule has 5 aromatic rings. The standard InChI is InChI=1S/C43H58N4O12.C12H12N2O2S.C6H7N3O/c1-21-12-11-13-22(2)42(55)45-33-28(20-44-47-17-15-46(9)16-18-47)37(52)30-31(38(33)53)36(51)26(6)40-32(30)41(54)43(8,59-40)57-19-14-29(56-10)23(3)39(58-27(7)48)25(5)35(50)24(4)34(21)49;13-9-1-5-11(6-2-9)17(15,16)12-7-3-10(14)4-8-12;7-9-6(10)5-1-3-8-4-2-5/h11-14,19-21,23-25,29,34-35,39,49-53H,15-18H2,1-10H3,(H,45,55);1-8H,13-14H2;1-4H,7H2,(H,9,10)/b12-11+,19-14+,22-13-,44-20+;;/t21-,23+,24+,25+,29-,34-,35+,39+,43-;;/m0../s1. The van der Waals surface area contributed by atoms with Gasteiger partial charge in [0.25, 0.3) is 17.6 Å². The minimum Gasteiger partial charge on any atom is -0.507 e. The van der Waals surface area contributed by atoms with Gasteiger partial charge in [0.15, 0.2) is 5.75 Å². The molecule has 9 atom stereocenters. The zero-order chi connectivity index (χ0) is 63.5. The zero-order valence-electron chi connectivity index (χ0n) is 49.6. The number of sulfone groups is 1. The summed E-state index contributed by atoms with van der Waals surface area (Å²) >= 11 is 0. The third-order valence-corrected chi connectivity index (χ3v) is 17.1. The number of nitrogen functional groups attached to an aromatic ring is 3. The van der Waals surface area contributed by atoms with Crippen molar-refractivity contribution in [2.75, 3.05) is 57.1 Å². The number of allylic oxidation sites excluding steroid dienone is 2. The largest absolute Gasteiger partial charge is 0.507 e. The number of aromatic hydroxyl groups is 3. The van der Waals surface area contributed by atoms with Crippen molar-refractivity contribution in [2.24, 2.45) is 34.6 Å². The molecule has 1 saturated heterocycles. The number of nitrogens with zero attached hydrogens (tertiary/aromatic N) is 4. The maximum atomic E-state index is 14.4. The third-order valence-electron chi connectivity index (χ3n) is 15.3. The molecule has 4 aromatic carbocycles. The lowest BCUT2D eigenvalue weighted by Crippen LogP contribution is -2.46. The zero-order valence-corrected chi connectivity index (χ0v) is 50.4. The SMILES string of the molecule is CO[C@H]1/C=C/O[C@@]2(C)Oc3c(C)c(O)c4c(O)c(c(/C=N/N5CCN(C)CC5)c(O)c4c3C2=O)NC(=O)/C(C)=C\C=C\[C@H](C)[C@H](O)[C@@H](C)[C@@H](O)[C@@H](C)[C@H](OC(C)=O)[C@@H]1C.NNC(=O)c1ccncc1.Nc1ccc(S(=O)(=O)c2ccc(N)cc2)cc1. The van der Waals surface area contributed by atoms with Gasteiger partial charge in [0.1, 0.15) is 23.4 Å². The van der Waals surface area contributed by atoms with Gasteiger partial charge in [-0.3, -0.25) is 34.6 Å². The van der Waals surface area contributed by atoms with Crippen LogP contribution in [0.25, 0.3) is 10.8 Å². The Kier molecular flexibility index (Phi) is 22.1. The van der Waals surface area contributed by atoms with E-state index >= 15 is 0 Å². The van der Waals surface area contributed by atoms with Crippen molar-refractivity contribution in [3.8, 4) is 23.0 Å². The minimum absolute atomic E-state index is 0.0559. The molecule has 0 saturated carbocycles. The molecular weight excluding hydrogens is 1130 g/mol. The van der Waals surface area contributed by atoms with Gasteiger partial charge >= 0.3 is 11.8 Å². The number of pyridine rings is 1. The molecule has 0 unspecified atom stereocenters. The van der Waals surface area contributed by atoms with Gasteiger partial charge in [0, 0.05) is 117 Å². The van der Waals surface area contributed by atoms with Crippen molar-refractivity contribution >= 4 is 67.5 Å².